The molecule has 1 aliphatic heterocycles. The number of methoxy groups -OCH3 is 1. The van der Waals surface area contributed by atoms with E-state index in [-0.39, 0.29) is 24.6 Å². The molecule has 1 fully saturated rings. The lowest BCUT2D eigenvalue weighted by Crippen LogP contribution is -2.51. The highest BCUT2D eigenvalue weighted by Crippen LogP contribution is 2.19. The van der Waals surface area contributed by atoms with Crippen molar-refractivity contribution < 1.29 is 19.4 Å². The average molecular weight is 286 g/mol. The largest absolute Gasteiger partial charge is 0.481 e. The molecule has 3 atom stereocenters. The molecule has 1 rings (SSSR count). The van der Waals surface area contributed by atoms with Crippen LogP contribution in [0.5, 0.6) is 0 Å². The van der Waals surface area contributed by atoms with E-state index < -0.39 is 11.9 Å². The summed E-state index contributed by atoms with van der Waals surface area (Å²) in [4.78, 5) is 24.9. The topological polar surface area (TPSA) is 78.9 Å². The molecule has 20 heavy (non-hydrogen) atoms. The summed E-state index contributed by atoms with van der Waals surface area (Å²) >= 11 is 0. The van der Waals surface area contributed by atoms with Crippen LogP contribution in [-0.2, 0) is 9.53 Å². The van der Waals surface area contributed by atoms with Crippen LogP contribution in [-0.4, -0.2) is 54.9 Å². The van der Waals surface area contributed by atoms with Gasteiger partial charge in [-0.2, -0.15) is 0 Å². The van der Waals surface area contributed by atoms with E-state index in [1.54, 1.807) is 12.0 Å². The van der Waals surface area contributed by atoms with Crippen LogP contribution < -0.4 is 5.32 Å². The van der Waals surface area contributed by atoms with Crippen molar-refractivity contribution in [1.82, 2.24) is 10.2 Å². The van der Waals surface area contributed by atoms with Crippen LogP contribution in [0, 0.1) is 17.8 Å². The average Bonchev–Trinajstić information content (AvgIpc) is 2.38. The summed E-state index contributed by atoms with van der Waals surface area (Å²) in [5, 5.41) is 11.8. The van der Waals surface area contributed by atoms with Gasteiger partial charge in [0.05, 0.1) is 12.0 Å². The molecule has 2 N–H and O–H groups in total. The number of aliphatic carboxylic acids is 1. The van der Waals surface area contributed by atoms with Crippen molar-refractivity contribution in [3.05, 3.63) is 0 Å². The maximum absolute atomic E-state index is 12.1. The first kappa shape index (κ1) is 16.8. The first-order valence-electron chi connectivity index (χ1n) is 7.15. The fourth-order valence-electron chi connectivity index (χ4n) is 2.44. The second-order valence-electron chi connectivity index (χ2n) is 5.86. The Hall–Kier alpha value is -1.30. The van der Waals surface area contributed by atoms with E-state index in [4.69, 9.17) is 9.84 Å². The highest BCUT2D eigenvalue weighted by atomic mass is 16.5. The molecule has 0 aromatic heterocycles. The highest BCUT2D eigenvalue weighted by molar-refractivity contribution is 5.76. The Balaban J connectivity index is 2.48. The molecule has 0 spiro atoms. The van der Waals surface area contributed by atoms with E-state index in [9.17, 15) is 9.59 Å². The van der Waals surface area contributed by atoms with Gasteiger partial charge < -0.3 is 20.1 Å². The van der Waals surface area contributed by atoms with Gasteiger partial charge in [0.2, 0.25) is 0 Å². The Kier molecular flexibility index (Phi) is 6.26. The van der Waals surface area contributed by atoms with Gasteiger partial charge in [0.1, 0.15) is 0 Å². The molecular formula is C14H26N2O4. The quantitative estimate of drug-likeness (QED) is 0.801. The fraction of sp³-hybridized carbons (Fsp3) is 0.857. The molecule has 3 unspecified atom stereocenters. The first-order valence-corrected chi connectivity index (χ1v) is 7.15. The number of carbonyl (C=O) groups excluding carboxylic acids is 1. The zero-order chi connectivity index (χ0) is 15.3. The Bertz CT molecular complexity index is 346. The second-order valence-corrected chi connectivity index (χ2v) is 5.86. The molecule has 0 aromatic carbocycles. The second kappa shape index (κ2) is 7.47. The number of nitrogens with one attached hydrogen (secondary N) is 1. The van der Waals surface area contributed by atoms with E-state index in [0.717, 1.165) is 6.42 Å². The number of hydrogen-bond donors (Lipinski definition) is 2. The van der Waals surface area contributed by atoms with Gasteiger partial charge in [0, 0.05) is 26.7 Å². The predicted octanol–water partition coefficient (Wildman–Crippen LogP) is 1.41. The Morgan fingerprint density at radius 1 is 1.45 bits per heavy atom. The first-order chi connectivity index (χ1) is 9.36. The fourth-order valence-corrected chi connectivity index (χ4v) is 2.44. The number of nitrogens with zero attached hydrogens (tertiary/aromatic N) is 1. The van der Waals surface area contributed by atoms with Gasteiger partial charge in [-0.25, -0.2) is 4.79 Å². The van der Waals surface area contributed by atoms with Crippen LogP contribution in [0.1, 0.15) is 27.2 Å². The number of piperidine rings is 1. The zero-order valence-electron chi connectivity index (χ0n) is 12.8. The van der Waals surface area contributed by atoms with E-state index >= 15 is 0 Å². The number of amides is 2. The molecule has 116 valence electrons. The van der Waals surface area contributed by atoms with Crippen molar-refractivity contribution in [3.8, 4) is 0 Å². The summed E-state index contributed by atoms with van der Waals surface area (Å²) in [7, 11) is 1.65. The lowest BCUT2D eigenvalue weighted by molar-refractivity contribution is -0.142. The number of ether oxygens (including phenoxy) is 1. The molecule has 0 saturated carbocycles. The molecule has 1 saturated heterocycles. The summed E-state index contributed by atoms with van der Waals surface area (Å²) < 4.78 is 5.37. The smallest absolute Gasteiger partial charge is 0.317 e. The number of likely N-dealkylation sites (tertiary alicyclic amines) is 1. The summed E-state index contributed by atoms with van der Waals surface area (Å²) in [6.07, 6.45) is 0.952. The molecule has 0 radical (unpaired) electrons. The Morgan fingerprint density at radius 2 is 2.10 bits per heavy atom. The lowest BCUT2D eigenvalue weighted by atomic mass is 9.95. The van der Waals surface area contributed by atoms with E-state index in [0.29, 0.717) is 19.0 Å². The van der Waals surface area contributed by atoms with Crippen LogP contribution >= 0.6 is 0 Å². The van der Waals surface area contributed by atoms with Crippen LogP contribution in [0.3, 0.4) is 0 Å². The highest BCUT2D eigenvalue weighted by Gasteiger charge is 2.29. The van der Waals surface area contributed by atoms with Crippen LogP contribution in [0.2, 0.25) is 0 Å². The lowest BCUT2D eigenvalue weighted by Gasteiger charge is -2.36. The molecule has 0 bridgehead atoms. The van der Waals surface area contributed by atoms with Crippen molar-refractivity contribution in [2.75, 3.05) is 26.7 Å². The third-order valence-electron chi connectivity index (χ3n) is 4.07. The summed E-state index contributed by atoms with van der Waals surface area (Å²) in [5.74, 6) is -1.00. The van der Waals surface area contributed by atoms with Crippen molar-refractivity contribution >= 4 is 12.0 Å². The normalized spacial score (nSPS) is 24.6. The molecule has 1 heterocycles. The third kappa shape index (κ3) is 4.37. The molecule has 1 aliphatic rings. The van der Waals surface area contributed by atoms with Gasteiger partial charge in [-0.3, -0.25) is 4.79 Å². The maximum atomic E-state index is 12.1. The summed E-state index contributed by atoms with van der Waals surface area (Å²) in [6, 6.07) is -0.203. The van der Waals surface area contributed by atoms with E-state index in [1.165, 1.54) is 0 Å². The molecule has 2 amide bonds. The minimum Gasteiger partial charge on any atom is -0.481 e. The van der Waals surface area contributed by atoms with Gasteiger partial charge in [-0.15, -0.1) is 0 Å². The number of hydrogen-bond acceptors (Lipinski definition) is 3. The SMILES string of the molecule is COC1CN(C(=O)NCC(C(=O)O)C(C)C)CCC1C. The van der Waals surface area contributed by atoms with Gasteiger partial charge in [0.25, 0.3) is 0 Å². The van der Waals surface area contributed by atoms with Crippen molar-refractivity contribution in [3.63, 3.8) is 0 Å². The monoisotopic (exact) mass is 286 g/mol. The number of carbonyl (C=O) groups is 2. The van der Waals surface area contributed by atoms with Crippen molar-refractivity contribution in [2.45, 2.75) is 33.3 Å². The molecule has 6 heteroatoms. The van der Waals surface area contributed by atoms with Gasteiger partial charge in [-0.1, -0.05) is 20.8 Å². The minimum absolute atomic E-state index is 0.0131. The van der Waals surface area contributed by atoms with E-state index in [1.807, 2.05) is 13.8 Å². The third-order valence-corrected chi connectivity index (χ3v) is 4.07. The molecule has 0 aromatic rings. The predicted molar refractivity (Wildman–Crippen MR) is 75.5 cm³/mol. The van der Waals surface area contributed by atoms with E-state index in [2.05, 4.69) is 12.2 Å². The zero-order valence-corrected chi connectivity index (χ0v) is 12.8. The van der Waals surface area contributed by atoms with Crippen LogP contribution in [0.25, 0.3) is 0 Å². The Morgan fingerprint density at radius 3 is 2.60 bits per heavy atom. The Labute approximate surface area is 120 Å². The number of carboxylic acid groups (broad SMARTS) is 1. The maximum Gasteiger partial charge on any atom is 0.317 e. The molecule has 0 aliphatic carbocycles. The summed E-state index contributed by atoms with van der Waals surface area (Å²) in [6.45, 7) is 7.20. The van der Waals surface area contributed by atoms with Crippen molar-refractivity contribution in [2.24, 2.45) is 17.8 Å². The minimum atomic E-state index is -0.873. The van der Waals surface area contributed by atoms with Crippen LogP contribution in [0.15, 0.2) is 0 Å². The number of rotatable bonds is 5. The van der Waals surface area contributed by atoms with Crippen LogP contribution in [0.4, 0.5) is 4.79 Å². The number of carboxylic acids is 1. The van der Waals surface area contributed by atoms with Gasteiger partial charge in [-0.05, 0) is 18.3 Å². The standard InChI is InChI=1S/C14H26N2O4/c1-9(2)11(13(17)18)7-15-14(19)16-6-5-10(3)12(8-16)20-4/h9-12H,5-8H2,1-4H3,(H,15,19)(H,17,18). The molecule has 6 nitrogen and oxygen atoms in total. The van der Waals surface area contributed by atoms with Gasteiger partial charge >= 0.3 is 12.0 Å². The number of urea groups is 1. The van der Waals surface area contributed by atoms with Gasteiger partial charge in [0.15, 0.2) is 0 Å². The summed E-state index contributed by atoms with van der Waals surface area (Å²) in [5.41, 5.74) is 0. The molecular weight excluding hydrogens is 260 g/mol. The van der Waals surface area contributed by atoms with Crippen molar-refractivity contribution in [1.29, 1.82) is 0 Å².